The topological polar surface area (TPSA) is 222 Å². The molecule has 0 unspecified atom stereocenters. The molecule has 0 saturated heterocycles. The molecule has 2 heterocycles. The number of H-pyrrole nitrogens is 1. The molecule has 35 heavy (non-hydrogen) atoms. The zero-order chi connectivity index (χ0) is 24.8. The zero-order valence-electron chi connectivity index (χ0n) is 17.5. The molecule has 6 N–H and O–H groups in total. The van der Waals surface area contributed by atoms with E-state index in [0.717, 1.165) is 0 Å². The van der Waals surface area contributed by atoms with Gasteiger partial charge in [-0.05, 0) is 30.7 Å². The molecule has 0 aliphatic heterocycles. The van der Waals surface area contributed by atoms with Gasteiger partial charge in [0.15, 0.2) is 11.2 Å². The second kappa shape index (κ2) is 12.0. The predicted molar refractivity (Wildman–Crippen MR) is 124 cm³/mol. The minimum absolute atomic E-state index is 0. The van der Waals surface area contributed by atoms with E-state index in [1.807, 2.05) is 0 Å². The van der Waals surface area contributed by atoms with Crippen LogP contribution in [0.4, 0.5) is 11.6 Å². The maximum atomic E-state index is 12.4. The van der Waals surface area contributed by atoms with Crippen molar-refractivity contribution in [1.82, 2.24) is 25.3 Å². The molecule has 0 saturated carbocycles. The van der Waals surface area contributed by atoms with Gasteiger partial charge in [-0.1, -0.05) is 0 Å². The molecule has 0 spiro atoms. The molecule has 0 aliphatic rings. The summed E-state index contributed by atoms with van der Waals surface area (Å²) in [6.07, 6.45) is 1.20. The fourth-order valence-corrected chi connectivity index (χ4v) is 2.99. The number of fused-ring (bicyclic) bond motifs is 1. The molecule has 15 heteroatoms. The molecular formula is C20H20N7NaO7. The molecule has 3 aromatic rings. The maximum absolute atomic E-state index is 12.4. The van der Waals surface area contributed by atoms with E-state index >= 15 is 0 Å². The van der Waals surface area contributed by atoms with Gasteiger partial charge in [0, 0.05) is 17.7 Å². The van der Waals surface area contributed by atoms with Crippen molar-refractivity contribution in [3.63, 3.8) is 0 Å². The Balaban J connectivity index is 0.00000432. The third-order valence-corrected chi connectivity index (χ3v) is 4.66. The second-order valence-corrected chi connectivity index (χ2v) is 7.06. The summed E-state index contributed by atoms with van der Waals surface area (Å²) in [5.74, 6) is -3.35. The number of nitrogen functional groups attached to an aromatic ring is 1. The van der Waals surface area contributed by atoms with Crippen molar-refractivity contribution in [2.45, 2.75) is 25.4 Å². The van der Waals surface area contributed by atoms with Crippen molar-refractivity contribution in [3.05, 3.63) is 52.1 Å². The molecule has 0 fully saturated rings. The third kappa shape index (κ3) is 7.05. The number of nitrogens with zero attached hydrogens (tertiary/aromatic N) is 4. The number of aliphatic carboxylic acids is 2. The Morgan fingerprint density at radius 2 is 1.86 bits per heavy atom. The Labute approximate surface area is 218 Å². The van der Waals surface area contributed by atoms with Crippen LogP contribution in [0.15, 0.2) is 35.3 Å². The summed E-state index contributed by atoms with van der Waals surface area (Å²) in [6.45, 7) is -0.0436. The minimum atomic E-state index is -1.37. The number of carbonyl (C=O) groups excluding carboxylic acids is 2. The summed E-state index contributed by atoms with van der Waals surface area (Å²) in [5.41, 5.74) is 5.70. The van der Waals surface area contributed by atoms with Crippen LogP contribution in [0.2, 0.25) is 0 Å². The Morgan fingerprint density at radius 3 is 2.46 bits per heavy atom. The summed E-state index contributed by atoms with van der Waals surface area (Å²) in [6, 6.07) is 4.30. The van der Waals surface area contributed by atoms with Crippen LogP contribution in [0.25, 0.3) is 11.2 Å². The predicted octanol–water partition coefficient (Wildman–Crippen LogP) is -1.14. The molecule has 178 valence electrons. The quantitative estimate of drug-likeness (QED) is 0.168. The first-order chi connectivity index (χ1) is 16.2. The molecular weight excluding hydrogens is 473 g/mol. The van der Waals surface area contributed by atoms with Crippen molar-refractivity contribution in [2.24, 2.45) is 0 Å². The van der Waals surface area contributed by atoms with E-state index < -0.39 is 35.9 Å². The number of carbonyl (C=O) groups is 4. The SMILES string of the molecule is Nc1nc(=O)c2nc(CN(C=O)c3ccc(C(=O)N[C@@H](CCC(=O)O)C(=O)O)cc3)cnc2[nH]1.[NaH]. The van der Waals surface area contributed by atoms with Gasteiger partial charge < -0.3 is 31.1 Å². The van der Waals surface area contributed by atoms with Gasteiger partial charge in [-0.25, -0.2) is 14.8 Å². The molecule has 2 amide bonds. The average Bonchev–Trinajstić information content (AvgIpc) is 2.80. The summed E-state index contributed by atoms with van der Waals surface area (Å²) in [5, 5.41) is 20.1. The van der Waals surface area contributed by atoms with Crippen LogP contribution < -0.4 is 21.5 Å². The number of nitrogens with two attached hydrogens (primary N) is 1. The first-order valence-corrected chi connectivity index (χ1v) is 9.77. The molecule has 0 aliphatic carbocycles. The Bertz CT molecular complexity index is 1310. The van der Waals surface area contributed by atoms with Crippen LogP contribution in [-0.2, 0) is 20.9 Å². The molecule has 0 bridgehead atoms. The van der Waals surface area contributed by atoms with Crippen LogP contribution in [-0.4, -0.2) is 90.0 Å². The van der Waals surface area contributed by atoms with Crippen molar-refractivity contribution in [3.8, 4) is 0 Å². The molecule has 14 nitrogen and oxygen atoms in total. The van der Waals surface area contributed by atoms with Gasteiger partial charge in [-0.15, -0.1) is 0 Å². The number of carboxylic acids is 2. The van der Waals surface area contributed by atoms with E-state index in [1.54, 1.807) is 0 Å². The number of anilines is 2. The molecule has 3 rings (SSSR count). The van der Waals surface area contributed by atoms with E-state index in [-0.39, 0.29) is 65.2 Å². The van der Waals surface area contributed by atoms with E-state index in [2.05, 4.69) is 25.3 Å². The fraction of sp³-hybridized carbons (Fsp3) is 0.200. The fourth-order valence-electron chi connectivity index (χ4n) is 2.99. The number of rotatable bonds is 10. The van der Waals surface area contributed by atoms with Gasteiger partial charge in [0.2, 0.25) is 12.4 Å². The number of aromatic amines is 1. The Kier molecular flexibility index (Phi) is 9.39. The van der Waals surface area contributed by atoms with E-state index in [0.29, 0.717) is 17.8 Å². The summed E-state index contributed by atoms with van der Waals surface area (Å²) >= 11 is 0. The van der Waals surface area contributed by atoms with Gasteiger partial charge in [-0.3, -0.25) is 19.2 Å². The van der Waals surface area contributed by atoms with Gasteiger partial charge in [0.25, 0.3) is 5.91 Å². The van der Waals surface area contributed by atoms with E-state index in [9.17, 15) is 29.1 Å². The monoisotopic (exact) mass is 493 g/mol. The number of nitrogens with one attached hydrogen (secondary N) is 2. The number of carboxylic acid groups (broad SMARTS) is 2. The van der Waals surface area contributed by atoms with Crippen LogP contribution in [0.5, 0.6) is 0 Å². The average molecular weight is 493 g/mol. The van der Waals surface area contributed by atoms with Gasteiger partial charge in [0.05, 0.1) is 18.4 Å². The van der Waals surface area contributed by atoms with Crippen LogP contribution >= 0.6 is 0 Å². The number of amides is 2. The van der Waals surface area contributed by atoms with Crippen molar-refractivity contribution in [2.75, 3.05) is 10.6 Å². The van der Waals surface area contributed by atoms with E-state index in [4.69, 9.17) is 10.8 Å². The molecule has 1 atom stereocenters. The normalized spacial score (nSPS) is 11.2. The van der Waals surface area contributed by atoms with Crippen molar-refractivity contribution < 1.29 is 29.4 Å². The first-order valence-electron chi connectivity index (χ1n) is 9.77. The first kappa shape index (κ1) is 27.4. The van der Waals surface area contributed by atoms with Crippen LogP contribution in [0.3, 0.4) is 0 Å². The number of hydrogen-bond donors (Lipinski definition) is 5. The van der Waals surface area contributed by atoms with Crippen LogP contribution in [0, 0.1) is 0 Å². The molecule has 0 radical (unpaired) electrons. The number of benzene rings is 1. The molecule has 1 aromatic carbocycles. The van der Waals surface area contributed by atoms with Crippen molar-refractivity contribution in [1.29, 1.82) is 0 Å². The van der Waals surface area contributed by atoms with Gasteiger partial charge in [0.1, 0.15) is 6.04 Å². The third-order valence-electron chi connectivity index (χ3n) is 4.66. The number of hydrogen-bond acceptors (Lipinski definition) is 9. The summed E-state index contributed by atoms with van der Waals surface area (Å²) in [7, 11) is 0. The van der Waals surface area contributed by atoms with Crippen molar-refractivity contribution >= 4 is 76.6 Å². The Morgan fingerprint density at radius 1 is 1.17 bits per heavy atom. The Hall–Kier alpha value is -3.88. The van der Waals surface area contributed by atoms with Gasteiger partial charge in [-0.2, -0.15) is 4.98 Å². The standard InChI is InChI=1S/C20H19N7O7.Na.H/c21-20-25-16-15(18(32)26-20)23-11(7-22-16)8-27(9-28)12-3-1-10(2-4-12)17(31)24-13(19(33)34)5-6-14(29)30;;/h1-4,7,9,13H,5-6,8H2,(H,24,31)(H,29,30)(H,33,34)(H3,21,22,25,26,32);;/t13-;;/m0../s1. The zero-order valence-corrected chi connectivity index (χ0v) is 17.5. The number of aromatic nitrogens is 4. The van der Waals surface area contributed by atoms with Crippen LogP contribution in [0.1, 0.15) is 28.9 Å². The van der Waals surface area contributed by atoms with E-state index in [1.165, 1.54) is 35.4 Å². The second-order valence-electron chi connectivity index (χ2n) is 7.06. The summed E-state index contributed by atoms with van der Waals surface area (Å²) < 4.78 is 0. The van der Waals surface area contributed by atoms with Gasteiger partial charge >= 0.3 is 47.1 Å². The summed E-state index contributed by atoms with van der Waals surface area (Å²) in [4.78, 5) is 73.5. The molecule has 2 aromatic heterocycles.